The smallest absolute Gasteiger partial charge is 0.261 e. The van der Waals surface area contributed by atoms with Crippen molar-refractivity contribution in [3.05, 3.63) is 101 Å². The SMILES string of the molecule is Cc1ccc(CN(C(=O)COc2ccccc2C(C)C)[C@@H](Cc2ccccc2)C(=O)NC(C)C)cc1. The molecule has 2 amide bonds. The van der Waals surface area contributed by atoms with E-state index < -0.39 is 6.04 Å². The summed E-state index contributed by atoms with van der Waals surface area (Å²) in [7, 11) is 0. The van der Waals surface area contributed by atoms with Gasteiger partial charge in [-0.3, -0.25) is 9.59 Å². The molecule has 5 heteroatoms. The molecule has 1 atom stereocenters. The lowest BCUT2D eigenvalue weighted by atomic mass is 10.0. The van der Waals surface area contributed by atoms with Gasteiger partial charge in [-0.2, -0.15) is 0 Å². The third kappa shape index (κ3) is 7.70. The number of para-hydroxylation sites is 1. The molecular formula is C31H38N2O3. The van der Waals surface area contributed by atoms with Crippen molar-refractivity contribution in [1.29, 1.82) is 0 Å². The summed E-state index contributed by atoms with van der Waals surface area (Å²) in [5, 5.41) is 3.02. The van der Waals surface area contributed by atoms with Gasteiger partial charge in [-0.15, -0.1) is 0 Å². The Morgan fingerprint density at radius 2 is 1.47 bits per heavy atom. The van der Waals surface area contributed by atoms with Gasteiger partial charge in [0.2, 0.25) is 5.91 Å². The van der Waals surface area contributed by atoms with Crippen LogP contribution in [0.3, 0.4) is 0 Å². The minimum absolute atomic E-state index is 0.0405. The Labute approximate surface area is 215 Å². The van der Waals surface area contributed by atoms with Gasteiger partial charge in [-0.25, -0.2) is 0 Å². The summed E-state index contributed by atoms with van der Waals surface area (Å²) < 4.78 is 6.04. The highest BCUT2D eigenvalue weighted by Crippen LogP contribution is 2.26. The molecule has 1 N–H and O–H groups in total. The van der Waals surface area contributed by atoms with Gasteiger partial charge < -0.3 is 15.0 Å². The molecule has 3 rings (SSSR count). The first-order chi connectivity index (χ1) is 17.2. The minimum atomic E-state index is -0.674. The van der Waals surface area contributed by atoms with Crippen LogP contribution in [-0.2, 0) is 22.6 Å². The molecule has 0 saturated heterocycles. The van der Waals surface area contributed by atoms with Crippen molar-refractivity contribution in [3.63, 3.8) is 0 Å². The van der Waals surface area contributed by atoms with Crippen LogP contribution in [0.5, 0.6) is 5.75 Å². The maximum Gasteiger partial charge on any atom is 0.261 e. The van der Waals surface area contributed by atoms with E-state index in [1.807, 2.05) is 99.6 Å². The highest BCUT2D eigenvalue weighted by molar-refractivity contribution is 5.88. The van der Waals surface area contributed by atoms with Gasteiger partial charge in [0.25, 0.3) is 5.91 Å². The summed E-state index contributed by atoms with van der Waals surface area (Å²) in [5.41, 5.74) is 4.15. The second-order valence-corrected chi connectivity index (χ2v) is 9.86. The average molecular weight is 487 g/mol. The molecule has 0 radical (unpaired) electrons. The van der Waals surface area contributed by atoms with Crippen LogP contribution in [0.1, 0.15) is 55.9 Å². The van der Waals surface area contributed by atoms with E-state index in [2.05, 4.69) is 19.2 Å². The Kier molecular flexibility index (Phi) is 9.69. The maximum absolute atomic E-state index is 13.7. The van der Waals surface area contributed by atoms with E-state index in [1.165, 1.54) is 0 Å². The number of nitrogens with one attached hydrogen (secondary N) is 1. The van der Waals surface area contributed by atoms with Crippen molar-refractivity contribution in [3.8, 4) is 5.75 Å². The largest absolute Gasteiger partial charge is 0.483 e. The van der Waals surface area contributed by atoms with E-state index in [-0.39, 0.29) is 30.4 Å². The first-order valence-corrected chi connectivity index (χ1v) is 12.7. The molecule has 0 saturated carbocycles. The maximum atomic E-state index is 13.7. The normalized spacial score (nSPS) is 11.9. The number of hydrogen-bond acceptors (Lipinski definition) is 3. The first-order valence-electron chi connectivity index (χ1n) is 12.7. The van der Waals surface area contributed by atoms with Crippen molar-refractivity contribution in [2.45, 2.75) is 65.6 Å². The summed E-state index contributed by atoms with van der Waals surface area (Å²) in [6.45, 7) is 10.2. The van der Waals surface area contributed by atoms with Gasteiger partial charge in [-0.1, -0.05) is 92.2 Å². The molecule has 0 spiro atoms. The Balaban J connectivity index is 1.92. The number of benzene rings is 3. The summed E-state index contributed by atoms with van der Waals surface area (Å²) in [6.07, 6.45) is 0.416. The molecule has 0 heterocycles. The number of ether oxygens (including phenoxy) is 1. The lowest BCUT2D eigenvalue weighted by Gasteiger charge is -2.32. The number of carbonyl (C=O) groups is 2. The van der Waals surface area contributed by atoms with Crippen molar-refractivity contribution < 1.29 is 14.3 Å². The lowest BCUT2D eigenvalue weighted by molar-refractivity contribution is -0.143. The molecule has 0 fully saturated rings. The molecule has 5 nitrogen and oxygen atoms in total. The van der Waals surface area contributed by atoms with Crippen molar-refractivity contribution in [2.24, 2.45) is 0 Å². The number of hydrogen-bond donors (Lipinski definition) is 1. The van der Waals surface area contributed by atoms with Gasteiger partial charge in [-0.05, 0) is 49.4 Å². The van der Waals surface area contributed by atoms with Crippen LogP contribution >= 0.6 is 0 Å². The summed E-state index contributed by atoms with van der Waals surface area (Å²) in [6, 6.07) is 24.9. The van der Waals surface area contributed by atoms with Crippen molar-refractivity contribution in [2.75, 3.05) is 6.61 Å². The van der Waals surface area contributed by atoms with Crippen LogP contribution in [-0.4, -0.2) is 35.4 Å². The molecule has 0 aliphatic rings. The Hall–Kier alpha value is -3.60. The third-order valence-electron chi connectivity index (χ3n) is 6.07. The standard InChI is InChI=1S/C31H38N2O3/c1-22(2)27-13-9-10-14-29(27)36-21-30(34)33(20-26-17-15-24(5)16-18-26)28(31(35)32-23(3)4)19-25-11-7-6-8-12-25/h6-18,22-23,28H,19-21H2,1-5H3,(H,32,35)/t28-/m0/s1. The number of carbonyl (C=O) groups excluding carboxylic acids is 2. The quantitative estimate of drug-likeness (QED) is 0.380. The van der Waals surface area contributed by atoms with Crippen LogP contribution in [0.15, 0.2) is 78.9 Å². The van der Waals surface area contributed by atoms with E-state index in [4.69, 9.17) is 4.74 Å². The number of amides is 2. The van der Waals surface area contributed by atoms with Gasteiger partial charge in [0.05, 0.1) is 0 Å². The number of nitrogens with zero attached hydrogens (tertiary/aromatic N) is 1. The fraction of sp³-hybridized carbons (Fsp3) is 0.355. The molecule has 0 aliphatic heterocycles. The van der Waals surface area contributed by atoms with Gasteiger partial charge in [0.15, 0.2) is 6.61 Å². The van der Waals surface area contributed by atoms with Crippen LogP contribution in [0.25, 0.3) is 0 Å². The monoisotopic (exact) mass is 486 g/mol. The molecule has 0 bridgehead atoms. The van der Waals surface area contributed by atoms with Crippen LogP contribution in [0.4, 0.5) is 0 Å². The topological polar surface area (TPSA) is 58.6 Å². The summed E-state index contributed by atoms with van der Waals surface area (Å²) in [5.74, 6) is 0.566. The number of aryl methyl sites for hydroxylation is 1. The molecule has 36 heavy (non-hydrogen) atoms. The summed E-state index contributed by atoms with van der Waals surface area (Å²) >= 11 is 0. The van der Waals surface area contributed by atoms with Crippen molar-refractivity contribution in [1.82, 2.24) is 10.2 Å². The fourth-order valence-electron chi connectivity index (χ4n) is 4.14. The molecule has 3 aromatic rings. The fourth-order valence-corrected chi connectivity index (χ4v) is 4.14. The zero-order valence-electron chi connectivity index (χ0n) is 22.0. The van der Waals surface area contributed by atoms with Crippen molar-refractivity contribution >= 4 is 11.8 Å². The summed E-state index contributed by atoms with van der Waals surface area (Å²) in [4.78, 5) is 28.8. The van der Waals surface area contributed by atoms with Crippen LogP contribution in [0, 0.1) is 6.92 Å². The second kappa shape index (κ2) is 12.9. The predicted molar refractivity (Wildman–Crippen MR) is 145 cm³/mol. The lowest BCUT2D eigenvalue weighted by Crippen LogP contribution is -2.52. The minimum Gasteiger partial charge on any atom is -0.483 e. The van der Waals surface area contributed by atoms with Gasteiger partial charge in [0, 0.05) is 19.0 Å². The zero-order valence-corrected chi connectivity index (χ0v) is 22.0. The molecule has 0 aliphatic carbocycles. The van der Waals surface area contributed by atoms with E-state index in [9.17, 15) is 9.59 Å². The van der Waals surface area contributed by atoms with Crippen LogP contribution in [0.2, 0.25) is 0 Å². The molecule has 3 aromatic carbocycles. The van der Waals surface area contributed by atoms with Crippen LogP contribution < -0.4 is 10.1 Å². The van der Waals surface area contributed by atoms with Gasteiger partial charge >= 0.3 is 0 Å². The van der Waals surface area contributed by atoms with E-state index in [0.29, 0.717) is 18.7 Å². The van der Waals surface area contributed by atoms with E-state index >= 15 is 0 Å². The van der Waals surface area contributed by atoms with E-state index in [1.54, 1.807) is 4.90 Å². The predicted octanol–water partition coefficient (Wildman–Crippen LogP) is 5.66. The molecule has 0 unspecified atom stereocenters. The Morgan fingerprint density at radius 3 is 2.11 bits per heavy atom. The Bertz CT molecular complexity index is 1120. The Morgan fingerprint density at radius 1 is 0.833 bits per heavy atom. The highest BCUT2D eigenvalue weighted by atomic mass is 16.5. The zero-order chi connectivity index (χ0) is 26.1. The van der Waals surface area contributed by atoms with E-state index in [0.717, 1.165) is 22.3 Å². The number of rotatable bonds is 11. The first kappa shape index (κ1) is 27.0. The average Bonchev–Trinajstić information content (AvgIpc) is 2.86. The molecule has 190 valence electrons. The molecule has 0 aromatic heterocycles. The molecular weight excluding hydrogens is 448 g/mol. The highest BCUT2D eigenvalue weighted by Gasteiger charge is 2.31. The second-order valence-electron chi connectivity index (χ2n) is 9.86. The third-order valence-corrected chi connectivity index (χ3v) is 6.07. The van der Waals surface area contributed by atoms with Gasteiger partial charge in [0.1, 0.15) is 11.8 Å².